The minimum atomic E-state index is -1.02. The zero-order chi connectivity index (χ0) is 29.2. The van der Waals surface area contributed by atoms with Crippen LogP contribution in [0.4, 0.5) is 5.69 Å². The first-order valence-electron chi connectivity index (χ1n) is 13.5. The Kier molecular flexibility index (Phi) is 10.2. The van der Waals surface area contributed by atoms with Gasteiger partial charge in [-0.2, -0.15) is 0 Å². The first-order valence-corrected chi connectivity index (χ1v) is 13.9. The van der Waals surface area contributed by atoms with Gasteiger partial charge in [-0.25, -0.2) is 0 Å². The normalized spacial score (nSPS) is 11.9. The lowest BCUT2D eigenvalue weighted by atomic mass is 9.98. The molecule has 0 aromatic heterocycles. The predicted molar refractivity (Wildman–Crippen MR) is 165 cm³/mol. The van der Waals surface area contributed by atoms with Crippen LogP contribution in [0.15, 0.2) is 109 Å². The number of halogens is 1. The standard InChI is InChI=1S/C34H33ClN2O4/c1-3-9-23(2)22-36-30-19-18-26(35)20-29(30)34(40)37-31(21-33(38)39)25-16-14-24(15-17-25)28-12-7-8-13-32(28)41-27-10-5-4-6-11-27/h4-20,31,36H,3,21-22H2,1-2H3,(H,37,40)(H,38,39). The van der Waals surface area contributed by atoms with Crippen LogP contribution in [0, 0.1) is 0 Å². The van der Waals surface area contributed by atoms with E-state index in [-0.39, 0.29) is 6.42 Å². The highest BCUT2D eigenvalue weighted by Crippen LogP contribution is 2.34. The van der Waals surface area contributed by atoms with E-state index in [0.717, 1.165) is 28.9 Å². The summed E-state index contributed by atoms with van der Waals surface area (Å²) >= 11 is 6.23. The maximum atomic E-state index is 13.4. The zero-order valence-electron chi connectivity index (χ0n) is 23.1. The van der Waals surface area contributed by atoms with E-state index in [1.807, 2.05) is 85.8 Å². The van der Waals surface area contributed by atoms with Gasteiger partial charge in [0.2, 0.25) is 0 Å². The highest BCUT2D eigenvalue weighted by Gasteiger charge is 2.21. The molecule has 1 amide bonds. The number of para-hydroxylation sites is 2. The number of allylic oxidation sites excluding steroid dienone is 1. The maximum absolute atomic E-state index is 13.4. The number of ether oxygens (including phenoxy) is 1. The topological polar surface area (TPSA) is 87.7 Å². The van der Waals surface area contributed by atoms with Gasteiger partial charge in [-0.3, -0.25) is 9.59 Å². The van der Waals surface area contributed by atoms with Gasteiger partial charge in [0.1, 0.15) is 11.5 Å². The van der Waals surface area contributed by atoms with E-state index in [4.69, 9.17) is 16.3 Å². The van der Waals surface area contributed by atoms with Gasteiger partial charge >= 0.3 is 5.97 Å². The lowest BCUT2D eigenvalue weighted by Gasteiger charge is -2.20. The molecule has 0 saturated carbocycles. The Hall–Kier alpha value is -4.55. The number of carboxylic acids is 1. The molecule has 0 aliphatic rings. The minimum absolute atomic E-state index is 0.277. The molecular weight excluding hydrogens is 536 g/mol. The summed E-state index contributed by atoms with van der Waals surface area (Å²) < 4.78 is 6.11. The molecule has 0 radical (unpaired) electrons. The van der Waals surface area contributed by atoms with E-state index in [0.29, 0.717) is 34.1 Å². The summed E-state index contributed by atoms with van der Waals surface area (Å²) in [6.07, 6.45) is 2.75. The lowest BCUT2D eigenvalue weighted by molar-refractivity contribution is -0.137. The third kappa shape index (κ3) is 8.22. The molecule has 0 fully saturated rings. The quantitative estimate of drug-likeness (QED) is 0.149. The Bertz CT molecular complexity index is 1520. The second-order valence-corrected chi connectivity index (χ2v) is 10.1. The number of hydrogen-bond acceptors (Lipinski definition) is 4. The van der Waals surface area contributed by atoms with E-state index in [1.165, 1.54) is 0 Å². The van der Waals surface area contributed by atoms with Crippen LogP contribution in [0.5, 0.6) is 11.5 Å². The van der Waals surface area contributed by atoms with Crippen molar-refractivity contribution in [1.29, 1.82) is 0 Å². The largest absolute Gasteiger partial charge is 0.481 e. The van der Waals surface area contributed by atoms with Gasteiger partial charge < -0.3 is 20.5 Å². The van der Waals surface area contributed by atoms with E-state index < -0.39 is 17.9 Å². The van der Waals surface area contributed by atoms with Crippen LogP contribution in [0.3, 0.4) is 0 Å². The van der Waals surface area contributed by atoms with Crippen molar-refractivity contribution in [3.63, 3.8) is 0 Å². The van der Waals surface area contributed by atoms with Crippen molar-refractivity contribution in [2.75, 3.05) is 11.9 Å². The van der Waals surface area contributed by atoms with Crippen molar-refractivity contribution in [3.8, 4) is 22.6 Å². The third-order valence-corrected chi connectivity index (χ3v) is 6.74. The van der Waals surface area contributed by atoms with Crippen molar-refractivity contribution in [3.05, 3.63) is 125 Å². The van der Waals surface area contributed by atoms with Gasteiger partial charge in [0, 0.05) is 22.8 Å². The molecule has 0 spiro atoms. The summed E-state index contributed by atoms with van der Waals surface area (Å²) in [5.41, 5.74) is 4.58. The third-order valence-electron chi connectivity index (χ3n) is 6.50. The number of aliphatic carboxylic acids is 1. The van der Waals surface area contributed by atoms with Gasteiger partial charge in [-0.15, -0.1) is 0 Å². The maximum Gasteiger partial charge on any atom is 0.305 e. The molecular formula is C34H33ClN2O4. The molecule has 4 rings (SSSR count). The van der Waals surface area contributed by atoms with E-state index in [1.54, 1.807) is 18.2 Å². The monoisotopic (exact) mass is 568 g/mol. The number of hydrogen-bond donors (Lipinski definition) is 3. The number of nitrogens with one attached hydrogen (secondary N) is 2. The Morgan fingerprint density at radius 2 is 1.66 bits per heavy atom. The molecule has 0 aliphatic carbocycles. The summed E-state index contributed by atoms with van der Waals surface area (Å²) in [6.45, 7) is 4.66. The number of anilines is 1. The first-order chi connectivity index (χ1) is 19.8. The fourth-order valence-corrected chi connectivity index (χ4v) is 4.65. The second-order valence-electron chi connectivity index (χ2n) is 9.66. The number of carbonyl (C=O) groups excluding carboxylic acids is 1. The number of rotatable bonds is 12. The molecule has 0 saturated heterocycles. The average Bonchev–Trinajstić information content (AvgIpc) is 2.97. The van der Waals surface area contributed by atoms with Crippen LogP contribution in [0.25, 0.3) is 11.1 Å². The van der Waals surface area contributed by atoms with Gasteiger partial charge in [0.15, 0.2) is 0 Å². The molecule has 0 heterocycles. The molecule has 3 N–H and O–H groups in total. The summed E-state index contributed by atoms with van der Waals surface area (Å²) in [7, 11) is 0. The number of carbonyl (C=O) groups is 2. The molecule has 41 heavy (non-hydrogen) atoms. The fraction of sp³-hybridized carbons (Fsp3) is 0.176. The molecule has 4 aromatic rings. The summed E-state index contributed by atoms with van der Waals surface area (Å²) in [6, 6.07) is 29.0. The summed E-state index contributed by atoms with van der Waals surface area (Å²) in [4.78, 5) is 25.2. The predicted octanol–water partition coefficient (Wildman–Crippen LogP) is 8.51. The van der Waals surface area contributed by atoms with Crippen molar-refractivity contribution in [2.24, 2.45) is 0 Å². The Balaban J connectivity index is 1.56. The van der Waals surface area contributed by atoms with Gasteiger partial charge in [-0.05, 0) is 60.9 Å². The van der Waals surface area contributed by atoms with Crippen LogP contribution in [-0.4, -0.2) is 23.5 Å². The minimum Gasteiger partial charge on any atom is -0.481 e. The van der Waals surface area contributed by atoms with E-state index in [9.17, 15) is 14.7 Å². The number of amides is 1. The van der Waals surface area contributed by atoms with Crippen LogP contribution in [0.2, 0.25) is 5.02 Å². The number of carboxylic acid groups (broad SMARTS) is 1. The van der Waals surface area contributed by atoms with Crippen LogP contribution < -0.4 is 15.4 Å². The van der Waals surface area contributed by atoms with Crippen LogP contribution in [-0.2, 0) is 4.79 Å². The molecule has 210 valence electrons. The molecule has 0 aliphatic heterocycles. The summed E-state index contributed by atoms with van der Waals surface area (Å²) in [5.74, 6) is -0.00567. The smallest absolute Gasteiger partial charge is 0.305 e. The van der Waals surface area contributed by atoms with E-state index in [2.05, 4.69) is 23.6 Å². The average molecular weight is 569 g/mol. The fourth-order valence-electron chi connectivity index (χ4n) is 4.48. The molecule has 0 bridgehead atoms. The van der Waals surface area contributed by atoms with Crippen molar-refractivity contribution in [1.82, 2.24) is 5.32 Å². The van der Waals surface area contributed by atoms with Crippen molar-refractivity contribution in [2.45, 2.75) is 32.7 Å². The van der Waals surface area contributed by atoms with Crippen molar-refractivity contribution < 1.29 is 19.4 Å². The van der Waals surface area contributed by atoms with Crippen molar-refractivity contribution >= 4 is 29.2 Å². The molecule has 6 nitrogen and oxygen atoms in total. The number of benzene rings is 4. The lowest BCUT2D eigenvalue weighted by Crippen LogP contribution is -2.31. The van der Waals surface area contributed by atoms with Crippen LogP contribution in [0.1, 0.15) is 48.7 Å². The Labute approximate surface area is 245 Å². The molecule has 1 atom stereocenters. The molecule has 1 unspecified atom stereocenters. The van der Waals surface area contributed by atoms with Gasteiger partial charge in [0.05, 0.1) is 18.0 Å². The highest BCUT2D eigenvalue weighted by atomic mass is 35.5. The van der Waals surface area contributed by atoms with Gasteiger partial charge in [0.25, 0.3) is 5.91 Å². The Morgan fingerprint density at radius 1 is 0.951 bits per heavy atom. The second kappa shape index (κ2) is 14.2. The zero-order valence-corrected chi connectivity index (χ0v) is 23.8. The van der Waals surface area contributed by atoms with Gasteiger partial charge in [-0.1, -0.05) is 90.8 Å². The SMILES string of the molecule is CCC=C(C)CNc1ccc(Cl)cc1C(=O)NC(CC(=O)O)c1ccc(-c2ccccc2Oc2ccccc2)cc1. The Morgan fingerprint density at radius 3 is 2.37 bits per heavy atom. The summed E-state index contributed by atoms with van der Waals surface area (Å²) in [5, 5.41) is 16.2. The van der Waals surface area contributed by atoms with E-state index >= 15 is 0 Å². The molecule has 7 heteroatoms. The first kappa shape index (κ1) is 29.4. The molecule has 4 aromatic carbocycles. The van der Waals surface area contributed by atoms with Crippen LogP contribution >= 0.6 is 11.6 Å². The highest BCUT2D eigenvalue weighted by molar-refractivity contribution is 6.31.